The molecule has 3 rings (SSSR count). The third-order valence-corrected chi connectivity index (χ3v) is 5.19. The number of thioether (sulfide) groups is 1. The summed E-state index contributed by atoms with van der Waals surface area (Å²) in [7, 11) is 0. The molecule has 25 heavy (non-hydrogen) atoms. The second-order valence-corrected chi connectivity index (χ2v) is 7.48. The van der Waals surface area contributed by atoms with Crippen molar-refractivity contribution in [3.63, 3.8) is 0 Å². The Balaban J connectivity index is 1.89. The van der Waals surface area contributed by atoms with Crippen LogP contribution in [0.25, 0.3) is 6.08 Å². The molecular weight excluding hydrogens is 350 g/mol. The Bertz CT molecular complexity index is 856. The highest BCUT2D eigenvalue weighted by Crippen LogP contribution is 2.37. The highest BCUT2D eigenvalue weighted by Gasteiger charge is 2.34. The van der Waals surface area contributed by atoms with Crippen molar-refractivity contribution < 1.29 is 9.53 Å². The summed E-state index contributed by atoms with van der Waals surface area (Å²) in [6, 6.07) is 13.7. The van der Waals surface area contributed by atoms with Crippen LogP contribution in [-0.4, -0.2) is 16.8 Å². The first-order valence-electron chi connectivity index (χ1n) is 8.07. The van der Waals surface area contributed by atoms with Crippen LogP contribution in [0.2, 0.25) is 0 Å². The van der Waals surface area contributed by atoms with Crippen LogP contribution in [0, 0.1) is 13.8 Å². The molecule has 0 aliphatic carbocycles. The lowest BCUT2D eigenvalue weighted by atomic mass is 10.1. The summed E-state index contributed by atoms with van der Waals surface area (Å²) in [6.45, 7) is 6.58. The Morgan fingerprint density at radius 3 is 2.56 bits per heavy atom. The summed E-state index contributed by atoms with van der Waals surface area (Å²) >= 11 is 6.80. The molecule has 0 spiro atoms. The van der Waals surface area contributed by atoms with Crippen LogP contribution >= 0.6 is 24.0 Å². The van der Waals surface area contributed by atoms with Gasteiger partial charge in [0.1, 0.15) is 5.75 Å². The molecule has 2 aromatic rings. The molecule has 1 saturated heterocycles. The van der Waals surface area contributed by atoms with Crippen LogP contribution in [0.5, 0.6) is 5.75 Å². The molecule has 0 unspecified atom stereocenters. The average molecular weight is 370 g/mol. The minimum absolute atomic E-state index is 0.0717. The van der Waals surface area contributed by atoms with Crippen molar-refractivity contribution in [1.82, 2.24) is 0 Å². The van der Waals surface area contributed by atoms with Gasteiger partial charge in [-0.1, -0.05) is 48.2 Å². The third-order valence-electron chi connectivity index (χ3n) is 3.89. The second-order valence-electron chi connectivity index (χ2n) is 5.81. The largest absolute Gasteiger partial charge is 0.494 e. The molecule has 128 valence electrons. The van der Waals surface area contributed by atoms with E-state index in [1.54, 1.807) is 4.90 Å². The summed E-state index contributed by atoms with van der Waals surface area (Å²) in [6.07, 6.45) is 1.88. The van der Waals surface area contributed by atoms with Gasteiger partial charge in [0.05, 0.1) is 17.2 Å². The van der Waals surface area contributed by atoms with Gasteiger partial charge in [0, 0.05) is 0 Å². The molecule has 0 saturated carbocycles. The number of thiocarbonyl (C=S) groups is 1. The monoisotopic (exact) mass is 369 g/mol. The van der Waals surface area contributed by atoms with Gasteiger partial charge in [-0.3, -0.25) is 9.69 Å². The number of rotatable bonds is 4. The highest BCUT2D eigenvalue weighted by molar-refractivity contribution is 8.27. The SMILES string of the molecule is CCOc1ccc(C=C2SC(=S)N(c3cc(C)ccc3C)C2=O)cc1. The van der Waals surface area contributed by atoms with E-state index in [0.717, 1.165) is 28.1 Å². The number of carbonyl (C=O) groups excluding carboxylic acids is 1. The summed E-state index contributed by atoms with van der Waals surface area (Å²) in [5.74, 6) is 0.750. The zero-order chi connectivity index (χ0) is 18.0. The topological polar surface area (TPSA) is 29.5 Å². The van der Waals surface area contributed by atoms with E-state index in [9.17, 15) is 4.79 Å². The molecule has 3 nitrogen and oxygen atoms in total. The zero-order valence-corrected chi connectivity index (χ0v) is 16.0. The first-order valence-corrected chi connectivity index (χ1v) is 9.30. The first kappa shape index (κ1) is 17.7. The van der Waals surface area contributed by atoms with Crippen molar-refractivity contribution in [2.45, 2.75) is 20.8 Å². The number of benzene rings is 2. The van der Waals surface area contributed by atoms with Crippen LogP contribution in [0.3, 0.4) is 0 Å². The summed E-state index contributed by atoms with van der Waals surface area (Å²) in [5.41, 5.74) is 3.94. The van der Waals surface area contributed by atoms with E-state index in [1.807, 2.05) is 69.3 Å². The van der Waals surface area contributed by atoms with E-state index in [-0.39, 0.29) is 5.91 Å². The smallest absolute Gasteiger partial charge is 0.270 e. The zero-order valence-electron chi connectivity index (χ0n) is 14.4. The number of nitrogens with zero attached hydrogens (tertiary/aromatic N) is 1. The fraction of sp³-hybridized carbons (Fsp3) is 0.200. The predicted octanol–water partition coefficient (Wildman–Crippen LogP) is 5.11. The number of ether oxygens (including phenoxy) is 1. The standard InChI is InChI=1S/C20H19NO2S2/c1-4-23-16-9-7-15(8-10-16)12-18-19(22)21(20(24)25-18)17-11-13(2)5-6-14(17)3/h5-12H,4H2,1-3H3. The van der Waals surface area contributed by atoms with Gasteiger partial charge in [-0.2, -0.15) is 0 Å². The summed E-state index contributed by atoms with van der Waals surface area (Å²) < 4.78 is 6.01. The lowest BCUT2D eigenvalue weighted by Gasteiger charge is -2.17. The first-order chi connectivity index (χ1) is 12.0. The molecule has 1 amide bonds. The van der Waals surface area contributed by atoms with E-state index in [2.05, 4.69) is 0 Å². The molecule has 1 fully saturated rings. The van der Waals surface area contributed by atoms with E-state index in [4.69, 9.17) is 17.0 Å². The molecule has 0 atom stereocenters. The van der Waals surface area contributed by atoms with Gasteiger partial charge in [0.2, 0.25) is 0 Å². The van der Waals surface area contributed by atoms with Crippen molar-refractivity contribution >= 4 is 46.0 Å². The van der Waals surface area contributed by atoms with E-state index >= 15 is 0 Å². The van der Waals surface area contributed by atoms with Crippen molar-refractivity contribution in [2.24, 2.45) is 0 Å². The Labute approximate surface area is 157 Å². The number of carbonyl (C=O) groups is 1. The van der Waals surface area contributed by atoms with E-state index in [0.29, 0.717) is 15.8 Å². The maximum atomic E-state index is 12.9. The maximum absolute atomic E-state index is 12.9. The number of hydrogen-bond donors (Lipinski definition) is 0. The van der Waals surface area contributed by atoms with Crippen molar-refractivity contribution in [1.29, 1.82) is 0 Å². The van der Waals surface area contributed by atoms with Crippen LogP contribution in [0.15, 0.2) is 47.4 Å². The molecule has 2 aromatic carbocycles. The summed E-state index contributed by atoms with van der Waals surface area (Å²) in [5, 5.41) is 0. The average Bonchev–Trinajstić information content (AvgIpc) is 2.86. The van der Waals surface area contributed by atoms with E-state index in [1.165, 1.54) is 11.8 Å². The molecule has 1 aliphatic rings. The number of hydrogen-bond acceptors (Lipinski definition) is 4. The van der Waals surface area contributed by atoms with Gasteiger partial charge >= 0.3 is 0 Å². The molecule has 1 heterocycles. The highest BCUT2D eigenvalue weighted by atomic mass is 32.2. The van der Waals surface area contributed by atoms with E-state index < -0.39 is 0 Å². The normalized spacial score (nSPS) is 16.0. The number of anilines is 1. The molecule has 0 radical (unpaired) electrons. The summed E-state index contributed by atoms with van der Waals surface area (Å²) in [4.78, 5) is 15.1. The Kier molecular flexibility index (Phi) is 5.25. The van der Waals surface area contributed by atoms with Gasteiger partial charge in [-0.15, -0.1) is 0 Å². The Hall–Kier alpha value is -2.11. The van der Waals surface area contributed by atoms with Crippen LogP contribution in [0.4, 0.5) is 5.69 Å². The quantitative estimate of drug-likeness (QED) is 0.553. The van der Waals surface area contributed by atoms with Crippen molar-refractivity contribution in [3.05, 3.63) is 64.1 Å². The molecular formula is C20H19NO2S2. The molecule has 5 heteroatoms. The van der Waals surface area contributed by atoms with Gasteiger partial charge in [0.15, 0.2) is 4.32 Å². The third kappa shape index (κ3) is 3.78. The fourth-order valence-electron chi connectivity index (χ4n) is 2.61. The molecule has 0 N–H and O–H groups in total. The molecule has 0 bridgehead atoms. The number of amides is 1. The minimum Gasteiger partial charge on any atom is -0.494 e. The van der Waals surface area contributed by atoms with Crippen LogP contribution in [0.1, 0.15) is 23.6 Å². The van der Waals surface area contributed by atoms with Crippen molar-refractivity contribution in [2.75, 3.05) is 11.5 Å². The Morgan fingerprint density at radius 1 is 1.16 bits per heavy atom. The van der Waals surface area contributed by atoms with Crippen LogP contribution in [-0.2, 0) is 4.79 Å². The van der Waals surface area contributed by atoms with Crippen LogP contribution < -0.4 is 9.64 Å². The second kappa shape index (κ2) is 7.42. The fourth-order valence-corrected chi connectivity index (χ4v) is 3.90. The maximum Gasteiger partial charge on any atom is 0.270 e. The van der Waals surface area contributed by atoms with Crippen molar-refractivity contribution in [3.8, 4) is 5.75 Å². The number of aryl methyl sites for hydroxylation is 2. The lowest BCUT2D eigenvalue weighted by molar-refractivity contribution is -0.113. The van der Waals surface area contributed by atoms with Gasteiger partial charge in [-0.25, -0.2) is 0 Å². The lowest BCUT2D eigenvalue weighted by Crippen LogP contribution is -2.28. The van der Waals surface area contributed by atoms with Gasteiger partial charge < -0.3 is 4.74 Å². The van der Waals surface area contributed by atoms with Gasteiger partial charge in [-0.05, 0) is 61.7 Å². The van der Waals surface area contributed by atoms with Gasteiger partial charge in [0.25, 0.3) is 5.91 Å². The molecule has 1 aliphatic heterocycles. The predicted molar refractivity (Wildman–Crippen MR) is 109 cm³/mol. The minimum atomic E-state index is -0.0717. The molecule has 0 aromatic heterocycles. The Morgan fingerprint density at radius 2 is 1.88 bits per heavy atom.